The van der Waals surface area contributed by atoms with Gasteiger partial charge in [-0.05, 0) is 17.6 Å². The van der Waals surface area contributed by atoms with Crippen LogP contribution in [-0.2, 0) is 0 Å². The first-order valence-electron chi connectivity index (χ1n) is 4.11. The van der Waals surface area contributed by atoms with Gasteiger partial charge in [-0.3, -0.25) is 0 Å². The predicted molar refractivity (Wildman–Crippen MR) is 47.1 cm³/mol. The van der Waals surface area contributed by atoms with Gasteiger partial charge in [0.2, 0.25) is 0 Å². The Kier molecular flexibility index (Phi) is 1.71. The van der Waals surface area contributed by atoms with Gasteiger partial charge in [0.1, 0.15) is 0 Å². The highest BCUT2D eigenvalue weighted by atomic mass is 14.9. The maximum atomic E-state index is 8.55. The lowest BCUT2D eigenvalue weighted by molar-refractivity contribution is 0.707. The average molecular weight is 158 g/mol. The van der Waals surface area contributed by atoms with Gasteiger partial charge in [0.25, 0.3) is 0 Å². The number of rotatable bonds is 1. The minimum atomic E-state index is 0.429. The molecule has 0 radical (unpaired) electrons. The highest BCUT2D eigenvalue weighted by molar-refractivity contribution is 5.45. The Morgan fingerprint density at radius 3 is 3.42 bits per heavy atom. The van der Waals surface area contributed by atoms with E-state index in [1.165, 1.54) is 5.57 Å². The Bertz CT molecular complexity index is 315. The topological polar surface area (TPSA) is 35.8 Å². The molecule has 2 rings (SSSR count). The van der Waals surface area contributed by atoms with Crippen LogP contribution in [0.15, 0.2) is 35.6 Å². The minimum absolute atomic E-state index is 0.429. The molecule has 0 bridgehead atoms. The fraction of sp³-hybridized carbons (Fsp3) is 0.300. The molecule has 0 aromatic carbocycles. The molecule has 1 aliphatic heterocycles. The molecule has 0 fully saturated rings. The van der Waals surface area contributed by atoms with Crippen molar-refractivity contribution in [2.75, 3.05) is 0 Å². The van der Waals surface area contributed by atoms with Gasteiger partial charge in [0, 0.05) is 6.20 Å². The van der Waals surface area contributed by atoms with Crippen LogP contribution in [-0.4, -0.2) is 6.04 Å². The predicted octanol–water partition coefficient (Wildman–Crippen LogP) is 1.64. The van der Waals surface area contributed by atoms with Crippen molar-refractivity contribution in [1.82, 2.24) is 5.32 Å². The summed E-state index contributed by atoms with van der Waals surface area (Å²) in [6.07, 6.45) is 9.82. The van der Waals surface area contributed by atoms with Crippen LogP contribution in [0.4, 0.5) is 0 Å². The summed E-state index contributed by atoms with van der Waals surface area (Å²) < 4.78 is 0. The summed E-state index contributed by atoms with van der Waals surface area (Å²) in [6, 6.07) is 2.60. The lowest BCUT2D eigenvalue weighted by Gasteiger charge is -2.14. The molecule has 60 valence electrons. The monoisotopic (exact) mass is 158 g/mol. The number of allylic oxidation sites excluding steroid dienone is 2. The van der Waals surface area contributed by atoms with Crippen molar-refractivity contribution in [2.24, 2.45) is 0 Å². The number of nitriles is 1. The lowest BCUT2D eigenvalue weighted by atomic mass is 9.95. The third kappa shape index (κ3) is 1.04. The van der Waals surface area contributed by atoms with Crippen molar-refractivity contribution in [3.63, 3.8) is 0 Å². The first kappa shape index (κ1) is 7.17. The minimum Gasteiger partial charge on any atom is -0.383 e. The molecule has 0 spiro atoms. The number of hydrogen-bond donors (Lipinski definition) is 1. The normalized spacial score (nSPS) is 25.1. The van der Waals surface area contributed by atoms with Gasteiger partial charge in [-0.2, -0.15) is 5.26 Å². The zero-order valence-corrected chi connectivity index (χ0v) is 6.75. The lowest BCUT2D eigenvalue weighted by Crippen LogP contribution is -2.21. The third-order valence-corrected chi connectivity index (χ3v) is 2.26. The quantitative estimate of drug-likeness (QED) is 0.629. The Balaban J connectivity index is 2.23. The molecular weight excluding hydrogens is 148 g/mol. The summed E-state index contributed by atoms with van der Waals surface area (Å²) in [6.45, 7) is 0. The van der Waals surface area contributed by atoms with Gasteiger partial charge < -0.3 is 5.32 Å². The molecule has 2 aliphatic rings. The Labute approximate surface area is 71.9 Å². The highest BCUT2D eigenvalue weighted by Gasteiger charge is 2.22. The van der Waals surface area contributed by atoms with Crippen molar-refractivity contribution in [3.05, 3.63) is 35.6 Å². The van der Waals surface area contributed by atoms with E-state index >= 15 is 0 Å². The van der Waals surface area contributed by atoms with Gasteiger partial charge in [0.15, 0.2) is 0 Å². The molecule has 1 N–H and O–H groups in total. The summed E-state index contributed by atoms with van der Waals surface area (Å²) in [7, 11) is 0. The van der Waals surface area contributed by atoms with E-state index in [2.05, 4.69) is 29.6 Å². The number of nitrogens with one attached hydrogen (secondary N) is 1. The van der Waals surface area contributed by atoms with E-state index in [1.54, 1.807) is 0 Å². The van der Waals surface area contributed by atoms with Crippen molar-refractivity contribution in [2.45, 2.75) is 18.9 Å². The zero-order chi connectivity index (χ0) is 8.39. The summed E-state index contributed by atoms with van der Waals surface area (Å²) in [5, 5.41) is 11.8. The highest BCUT2D eigenvalue weighted by Crippen LogP contribution is 2.27. The second-order valence-electron chi connectivity index (χ2n) is 3.01. The van der Waals surface area contributed by atoms with E-state index in [1.807, 2.05) is 6.20 Å². The smallest absolute Gasteiger partial charge is 0.0670 e. The molecule has 1 atom stereocenters. The molecule has 1 heterocycles. The van der Waals surface area contributed by atoms with E-state index in [0.717, 1.165) is 12.0 Å². The van der Waals surface area contributed by atoms with Gasteiger partial charge in [0.05, 0.1) is 18.5 Å². The van der Waals surface area contributed by atoms with E-state index < -0.39 is 0 Å². The van der Waals surface area contributed by atoms with Crippen LogP contribution < -0.4 is 5.32 Å². The second kappa shape index (κ2) is 2.86. The molecule has 0 aromatic rings. The maximum Gasteiger partial charge on any atom is 0.0670 e. The molecule has 1 aliphatic carbocycles. The fourth-order valence-corrected chi connectivity index (χ4v) is 1.64. The fourth-order valence-electron chi connectivity index (χ4n) is 1.64. The maximum absolute atomic E-state index is 8.55. The third-order valence-electron chi connectivity index (χ3n) is 2.26. The molecule has 0 amide bonds. The van der Waals surface area contributed by atoms with Crippen LogP contribution in [0, 0.1) is 11.3 Å². The summed E-state index contributed by atoms with van der Waals surface area (Å²) >= 11 is 0. The molecule has 2 nitrogen and oxygen atoms in total. The van der Waals surface area contributed by atoms with Crippen LogP contribution in [0.5, 0.6) is 0 Å². The molecule has 0 saturated carbocycles. The van der Waals surface area contributed by atoms with Crippen molar-refractivity contribution in [1.29, 1.82) is 5.26 Å². The molecule has 0 saturated heterocycles. The Hall–Kier alpha value is -1.49. The first-order chi connectivity index (χ1) is 5.92. The van der Waals surface area contributed by atoms with E-state index in [9.17, 15) is 0 Å². The van der Waals surface area contributed by atoms with Crippen LogP contribution in [0.3, 0.4) is 0 Å². The molecule has 2 heteroatoms. The molecular formula is C10H10N2. The van der Waals surface area contributed by atoms with Gasteiger partial charge in [-0.15, -0.1) is 0 Å². The summed E-state index contributed by atoms with van der Waals surface area (Å²) in [5.41, 5.74) is 2.44. The number of nitrogens with zero attached hydrogens (tertiary/aromatic N) is 1. The van der Waals surface area contributed by atoms with Gasteiger partial charge in [-0.1, -0.05) is 18.2 Å². The average Bonchev–Trinajstić information content (AvgIpc) is 2.50. The SMILES string of the molecule is N#CCC1=CNC2CC=CC=C12. The molecule has 1 unspecified atom stereocenters. The largest absolute Gasteiger partial charge is 0.383 e. The summed E-state index contributed by atoms with van der Waals surface area (Å²) in [4.78, 5) is 0. The van der Waals surface area contributed by atoms with Crippen LogP contribution in [0.2, 0.25) is 0 Å². The number of fused-ring (bicyclic) bond motifs is 1. The van der Waals surface area contributed by atoms with Crippen LogP contribution in [0.1, 0.15) is 12.8 Å². The molecule has 0 aromatic heterocycles. The second-order valence-corrected chi connectivity index (χ2v) is 3.01. The van der Waals surface area contributed by atoms with Gasteiger partial charge >= 0.3 is 0 Å². The van der Waals surface area contributed by atoms with Crippen LogP contribution >= 0.6 is 0 Å². The van der Waals surface area contributed by atoms with Crippen molar-refractivity contribution in [3.8, 4) is 6.07 Å². The Morgan fingerprint density at radius 2 is 2.58 bits per heavy atom. The Morgan fingerprint density at radius 1 is 1.67 bits per heavy atom. The van der Waals surface area contributed by atoms with E-state index in [4.69, 9.17) is 5.26 Å². The van der Waals surface area contributed by atoms with Crippen molar-refractivity contribution >= 4 is 0 Å². The standard InChI is InChI=1S/C10H10N2/c11-6-5-8-7-12-10-4-2-1-3-9(8)10/h1-3,7,10,12H,4-5H2. The van der Waals surface area contributed by atoms with E-state index in [-0.39, 0.29) is 0 Å². The first-order valence-corrected chi connectivity index (χ1v) is 4.11. The van der Waals surface area contributed by atoms with Crippen LogP contribution in [0.25, 0.3) is 0 Å². The molecule has 12 heavy (non-hydrogen) atoms. The van der Waals surface area contributed by atoms with E-state index in [0.29, 0.717) is 12.5 Å². The van der Waals surface area contributed by atoms with Gasteiger partial charge in [-0.25, -0.2) is 0 Å². The summed E-state index contributed by atoms with van der Waals surface area (Å²) in [5.74, 6) is 0. The number of hydrogen-bond acceptors (Lipinski definition) is 2. The van der Waals surface area contributed by atoms with Crippen molar-refractivity contribution < 1.29 is 0 Å². The zero-order valence-electron chi connectivity index (χ0n) is 6.75.